The number of hydrogen-bond donors (Lipinski definition) is 1. The van der Waals surface area contributed by atoms with E-state index in [-0.39, 0.29) is 12.1 Å². The largest absolute Gasteiger partial charge is 0.480 e. The Hall–Kier alpha value is -0.910. The molecule has 1 aliphatic heterocycles. The van der Waals surface area contributed by atoms with Crippen LogP contribution in [0.5, 0.6) is 0 Å². The summed E-state index contributed by atoms with van der Waals surface area (Å²) in [5.41, 5.74) is 0. The number of carbonyl (C=O) groups is 2. The van der Waals surface area contributed by atoms with Gasteiger partial charge in [-0.3, -0.25) is 0 Å². The monoisotopic (exact) mass is 260 g/mol. The summed E-state index contributed by atoms with van der Waals surface area (Å²) in [6, 6.07) is -0.844. The minimum absolute atomic E-state index is 0.143. The van der Waals surface area contributed by atoms with Gasteiger partial charge in [-0.2, -0.15) is 11.8 Å². The second kappa shape index (κ2) is 5.62. The van der Waals surface area contributed by atoms with Gasteiger partial charge in [0.1, 0.15) is 6.04 Å². The zero-order valence-corrected chi connectivity index (χ0v) is 11.5. The van der Waals surface area contributed by atoms with Gasteiger partial charge in [0, 0.05) is 30.6 Å². The molecule has 17 heavy (non-hydrogen) atoms. The van der Waals surface area contributed by atoms with E-state index < -0.39 is 12.0 Å². The fourth-order valence-electron chi connectivity index (χ4n) is 1.74. The average Bonchev–Trinajstić information content (AvgIpc) is 2.29. The molecule has 1 aliphatic rings. The van der Waals surface area contributed by atoms with Crippen molar-refractivity contribution in [3.05, 3.63) is 0 Å². The van der Waals surface area contributed by atoms with Crippen molar-refractivity contribution in [1.29, 1.82) is 0 Å². The fraction of sp³-hybridized carbons (Fsp3) is 0.818. The number of urea groups is 1. The third-order valence-electron chi connectivity index (χ3n) is 3.37. The molecule has 0 bridgehead atoms. The van der Waals surface area contributed by atoms with Gasteiger partial charge in [-0.25, -0.2) is 9.59 Å². The summed E-state index contributed by atoms with van der Waals surface area (Å²) < 4.78 is 0. The molecule has 0 aromatic heterocycles. The van der Waals surface area contributed by atoms with Crippen molar-refractivity contribution in [2.75, 3.05) is 19.3 Å². The van der Waals surface area contributed by atoms with E-state index in [2.05, 4.69) is 6.92 Å². The zero-order valence-electron chi connectivity index (χ0n) is 10.7. The third kappa shape index (κ3) is 3.06. The minimum atomic E-state index is -0.979. The topological polar surface area (TPSA) is 60.9 Å². The summed E-state index contributed by atoms with van der Waals surface area (Å²) in [7, 11) is 1.54. The molecule has 1 N–H and O–H groups in total. The lowest BCUT2D eigenvalue weighted by Crippen LogP contribution is -2.55. The number of carboxylic acids is 1. The van der Waals surface area contributed by atoms with Gasteiger partial charge in [0.05, 0.1) is 0 Å². The highest BCUT2D eigenvalue weighted by atomic mass is 32.2. The van der Waals surface area contributed by atoms with Crippen LogP contribution in [-0.2, 0) is 4.79 Å². The molecule has 0 aromatic carbocycles. The second-order valence-electron chi connectivity index (χ2n) is 4.42. The third-order valence-corrected chi connectivity index (χ3v) is 4.71. The van der Waals surface area contributed by atoms with Crippen molar-refractivity contribution in [3.63, 3.8) is 0 Å². The highest BCUT2D eigenvalue weighted by molar-refractivity contribution is 8.00. The van der Waals surface area contributed by atoms with Gasteiger partial charge in [0.2, 0.25) is 0 Å². The van der Waals surface area contributed by atoms with E-state index in [1.807, 2.05) is 18.7 Å². The van der Waals surface area contributed by atoms with Gasteiger partial charge < -0.3 is 14.9 Å². The van der Waals surface area contributed by atoms with Crippen molar-refractivity contribution in [3.8, 4) is 0 Å². The molecule has 1 fully saturated rings. The van der Waals surface area contributed by atoms with Gasteiger partial charge in [-0.1, -0.05) is 6.92 Å². The number of carboxylic acid groups (broad SMARTS) is 1. The molecule has 0 aliphatic carbocycles. The molecule has 2 amide bonds. The maximum Gasteiger partial charge on any atom is 0.326 e. The molecule has 1 rings (SSSR count). The molecule has 0 spiro atoms. The minimum Gasteiger partial charge on any atom is -0.480 e. The lowest BCUT2D eigenvalue weighted by Gasteiger charge is -2.40. The van der Waals surface area contributed by atoms with Gasteiger partial charge in [-0.15, -0.1) is 0 Å². The normalized spacial score (nSPS) is 26.5. The van der Waals surface area contributed by atoms with Crippen LogP contribution in [0.15, 0.2) is 0 Å². The molecule has 3 atom stereocenters. The highest BCUT2D eigenvalue weighted by Crippen LogP contribution is 2.25. The number of carbonyl (C=O) groups excluding carboxylic acids is 1. The lowest BCUT2D eigenvalue weighted by atomic mass is 10.2. The predicted molar refractivity (Wildman–Crippen MR) is 68.3 cm³/mol. The molecule has 1 saturated heterocycles. The number of hydrogen-bond acceptors (Lipinski definition) is 3. The van der Waals surface area contributed by atoms with E-state index in [0.717, 1.165) is 5.75 Å². The molecule has 5 nitrogen and oxygen atoms in total. The van der Waals surface area contributed by atoms with Crippen LogP contribution in [0.2, 0.25) is 0 Å². The van der Waals surface area contributed by atoms with Crippen LogP contribution < -0.4 is 0 Å². The number of nitrogens with zero attached hydrogens (tertiary/aromatic N) is 2. The van der Waals surface area contributed by atoms with E-state index in [0.29, 0.717) is 11.8 Å². The molecule has 6 heteroatoms. The van der Waals surface area contributed by atoms with E-state index in [1.165, 1.54) is 11.8 Å². The highest BCUT2D eigenvalue weighted by Gasteiger charge is 2.33. The first-order chi connectivity index (χ1) is 7.86. The molecule has 0 saturated carbocycles. The van der Waals surface area contributed by atoms with Crippen LogP contribution in [0, 0.1) is 0 Å². The molecule has 98 valence electrons. The molecular weight excluding hydrogens is 240 g/mol. The Kier molecular flexibility index (Phi) is 4.68. The predicted octanol–water partition coefficient (Wildman–Crippen LogP) is 1.34. The maximum absolute atomic E-state index is 12.2. The molecule has 3 unspecified atom stereocenters. The first kappa shape index (κ1) is 14.2. The Morgan fingerprint density at radius 3 is 2.59 bits per heavy atom. The van der Waals surface area contributed by atoms with Crippen LogP contribution in [-0.4, -0.2) is 63.6 Å². The standard InChI is InChI=1S/C11H20N2O3S/c1-7-9(3)17-6-5-13(7)11(16)12(4)8(2)10(14)15/h7-9H,5-6H2,1-4H3,(H,14,15). The number of likely N-dealkylation sites (N-methyl/N-ethyl adjacent to an activating group) is 1. The van der Waals surface area contributed by atoms with E-state index in [9.17, 15) is 9.59 Å². The van der Waals surface area contributed by atoms with Crippen molar-refractivity contribution >= 4 is 23.8 Å². The Morgan fingerprint density at radius 1 is 1.47 bits per heavy atom. The van der Waals surface area contributed by atoms with Crippen molar-refractivity contribution < 1.29 is 14.7 Å². The summed E-state index contributed by atoms with van der Waals surface area (Å²) in [5, 5.41) is 9.29. The Balaban J connectivity index is 2.71. The summed E-state index contributed by atoms with van der Waals surface area (Å²) in [6.07, 6.45) is 0. The Labute approximate surface area is 106 Å². The first-order valence-corrected chi connectivity index (χ1v) is 6.79. The molecular formula is C11H20N2O3S. The number of amides is 2. The number of aliphatic carboxylic acids is 1. The quantitative estimate of drug-likeness (QED) is 0.814. The van der Waals surface area contributed by atoms with Crippen LogP contribution in [0.4, 0.5) is 4.79 Å². The van der Waals surface area contributed by atoms with E-state index in [4.69, 9.17) is 5.11 Å². The van der Waals surface area contributed by atoms with E-state index >= 15 is 0 Å². The van der Waals surface area contributed by atoms with Crippen LogP contribution >= 0.6 is 11.8 Å². The SMILES string of the molecule is CC1SCCN(C(=O)N(C)C(C)C(=O)O)C1C. The molecule has 1 heterocycles. The summed E-state index contributed by atoms with van der Waals surface area (Å²) >= 11 is 1.85. The number of rotatable bonds is 2. The lowest BCUT2D eigenvalue weighted by molar-refractivity contribution is -0.141. The van der Waals surface area contributed by atoms with Crippen LogP contribution in [0.3, 0.4) is 0 Å². The van der Waals surface area contributed by atoms with Crippen molar-refractivity contribution in [1.82, 2.24) is 9.80 Å². The Bertz CT molecular complexity index is 311. The fourth-order valence-corrected chi connectivity index (χ4v) is 2.84. The smallest absolute Gasteiger partial charge is 0.326 e. The van der Waals surface area contributed by atoms with Crippen molar-refractivity contribution in [2.24, 2.45) is 0 Å². The van der Waals surface area contributed by atoms with Crippen LogP contribution in [0.1, 0.15) is 20.8 Å². The van der Waals surface area contributed by atoms with Gasteiger partial charge in [0.15, 0.2) is 0 Å². The average molecular weight is 260 g/mol. The number of thioether (sulfide) groups is 1. The zero-order chi connectivity index (χ0) is 13.2. The summed E-state index contributed by atoms with van der Waals surface area (Å²) in [6.45, 7) is 6.31. The maximum atomic E-state index is 12.2. The summed E-state index contributed by atoms with van der Waals surface area (Å²) in [4.78, 5) is 26.1. The van der Waals surface area contributed by atoms with Gasteiger partial charge in [-0.05, 0) is 13.8 Å². The molecule has 0 radical (unpaired) electrons. The van der Waals surface area contributed by atoms with Gasteiger partial charge >= 0.3 is 12.0 Å². The molecule has 0 aromatic rings. The Morgan fingerprint density at radius 2 is 2.06 bits per heavy atom. The van der Waals surface area contributed by atoms with E-state index in [1.54, 1.807) is 11.9 Å². The van der Waals surface area contributed by atoms with Crippen LogP contribution in [0.25, 0.3) is 0 Å². The summed E-state index contributed by atoms with van der Waals surface area (Å²) in [5.74, 6) is -0.0695. The first-order valence-electron chi connectivity index (χ1n) is 5.74. The van der Waals surface area contributed by atoms with Gasteiger partial charge in [0.25, 0.3) is 0 Å². The second-order valence-corrected chi connectivity index (χ2v) is 5.90. The van der Waals surface area contributed by atoms with Crippen molar-refractivity contribution in [2.45, 2.75) is 38.1 Å².